The second-order valence-electron chi connectivity index (χ2n) is 5.16. The number of hydrogen-bond acceptors (Lipinski definition) is 4. The third kappa shape index (κ3) is 3.77. The minimum Gasteiger partial charge on any atom is -0.444 e. The second kappa shape index (κ2) is 5.58. The first-order chi connectivity index (χ1) is 9.35. The minimum absolute atomic E-state index is 0.314. The highest BCUT2D eigenvalue weighted by Crippen LogP contribution is 2.30. The van der Waals surface area contributed by atoms with E-state index in [4.69, 9.17) is 4.74 Å². The number of carbonyl (C=O) groups excluding carboxylic acids is 1. The Morgan fingerprint density at radius 1 is 1.30 bits per heavy atom. The van der Waals surface area contributed by atoms with Crippen LogP contribution in [0, 0.1) is 5.82 Å². The van der Waals surface area contributed by atoms with Gasteiger partial charge in [0.1, 0.15) is 22.1 Å². The van der Waals surface area contributed by atoms with Gasteiger partial charge in [0.15, 0.2) is 0 Å². The SMILES string of the molecule is CC(C)(C)OC(=O)Nc1scnc1-c1ccc(F)cc1. The van der Waals surface area contributed by atoms with Crippen molar-refractivity contribution in [1.29, 1.82) is 0 Å². The Morgan fingerprint density at radius 3 is 2.55 bits per heavy atom. The van der Waals surface area contributed by atoms with E-state index in [0.717, 1.165) is 5.56 Å². The fourth-order valence-corrected chi connectivity index (χ4v) is 2.23. The highest BCUT2D eigenvalue weighted by atomic mass is 32.1. The van der Waals surface area contributed by atoms with E-state index in [1.54, 1.807) is 38.4 Å². The highest BCUT2D eigenvalue weighted by molar-refractivity contribution is 7.14. The molecule has 0 saturated heterocycles. The quantitative estimate of drug-likeness (QED) is 0.898. The molecule has 0 saturated carbocycles. The van der Waals surface area contributed by atoms with Gasteiger partial charge in [0, 0.05) is 5.56 Å². The van der Waals surface area contributed by atoms with Gasteiger partial charge >= 0.3 is 6.09 Å². The molecule has 6 heteroatoms. The molecule has 1 N–H and O–H groups in total. The Balaban J connectivity index is 2.17. The van der Waals surface area contributed by atoms with Crippen LogP contribution in [0.4, 0.5) is 14.2 Å². The molecule has 106 valence electrons. The van der Waals surface area contributed by atoms with Crippen LogP contribution in [-0.2, 0) is 4.74 Å². The summed E-state index contributed by atoms with van der Waals surface area (Å²) in [6.45, 7) is 5.38. The third-order valence-electron chi connectivity index (χ3n) is 2.30. The van der Waals surface area contributed by atoms with Crippen molar-refractivity contribution in [2.45, 2.75) is 26.4 Å². The van der Waals surface area contributed by atoms with Crippen molar-refractivity contribution in [2.24, 2.45) is 0 Å². The number of amides is 1. The Labute approximate surface area is 120 Å². The number of halogens is 1. The number of benzene rings is 1. The van der Waals surface area contributed by atoms with Crippen LogP contribution in [0.15, 0.2) is 29.8 Å². The summed E-state index contributed by atoms with van der Waals surface area (Å²) in [4.78, 5) is 15.9. The van der Waals surface area contributed by atoms with E-state index in [1.807, 2.05) is 0 Å². The number of carbonyl (C=O) groups is 1. The Morgan fingerprint density at radius 2 is 1.95 bits per heavy atom. The molecule has 0 aliphatic carbocycles. The Kier molecular flexibility index (Phi) is 4.04. The molecule has 0 aliphatic rings. The van der Waals surface area contributed by atoms with Gasteiger partial charge in [-0.15, -0.1) is 11.3 Å². The smallest absolute Gasteiger partial charge is 0.412 e. The topological polar surface area (TPSA) is 51.2 Å². The van der Waals surface area contributed by atoms with Crippen molar-refractivity contribution in [3.05, 3.63) is 35.6 Å². The lowest BCUT2D eigenvalue weighted by Crippen LogP contribution is -2.27. The average Bonchev–Trinajstić information content (AvgIpc) is 2.75. The highest BCUT2D eigenvalue weighted by Gasteiger charge is 2.18. The summed E-state index contributed by atoms with van der Waals surface area (Å²) in [7, 11) is 0. The maximum Gasteiger partial charge on any atom is 0.412 e. The number of nitrogens with zero attached hydrogens (tertiary/aromatic N) is 1. The van der Waals surface area contributed by atoms with Crippen molar-refractivity contribution >= 4 is 22.4 Å². The predicted octanol–water partition coefficient (Wildman–Crippen LogP) is 4.30. The summed E-state index contributed by atoms with van der Waals surface area (Å²) < 4.78 is 18.1. The van der Waals surface area contributed by atoms with Crippen molar-refractivity contribution < 1.29 is 13.9 Å². The number of rotatable bonds is 2. The minimum atomic E-state index is -0.565. The van der Waals surface area contributed by atoms with Crippen LogP contribution >= 0.6 is 11.3 Å². The van der Waals surface area contributed by atoms with E-state index in [1.165, 1.54) is 23.5 Å². The van der Waals surface area contributed by atoms with Crippen molar-refractivity contribution in [1.82, 2.24) is 4.98 Å². The van der Waals surface area contributed by atoms with Gasteiger partial charge in [-0.25, -0.2) is 14.2 Å². The molecule has 2 rings (SSSR count). The van der Waals surface area contributed by atoms with E-state index in [-0.39, 0.29) is 5.82 Å². The number of anilines is 1. The zero-order chi connectivity index (χ0) is 14.8. The first kappa shape index (κ1) is 14.5. The van der Waals surface area contributed by atoms with Crippen molar-refractivity contribution in [3.63, 3.8) is 0 Å². The van der Waals surface area contributed by atoms with Gasteiger partial charge in [-0.2, -0.15) is 0 Å². The summed E-state index contributed by atoms with van der Waals surface area (Å²) in [6, 6.07) is 5.94. The largest absolute Gasteiger partial charge is 0.444 e. The van der Waals surface area contributed by atoms with Crippen molar-refractivity contribution in [2.75, 3.05) is 5.32 Å². The van der Waals surface area contributed by atoms with Gasteiger partial charge < -0.3 is 4.74 Å². The molecular formula is C14H15FN2O2S. The van der Waals surface area contributed by atoms with Crippen molar-refractivity contribution in [3.8, 4) is 11.3 Å². The van der Waals surface area contributed by atoms with E-state index in [9.17, 15) is 9.18 Å². The molecule has 0 radical (unpaired) electrons. The molecule has 2 aromatic rings. The monoisotopic (exact) mass is 294 g/mol. The predicted molar refractivity (Wildman–Crippen MR) is 77.4 cm³/mol. The molecule has 0 bridgehead atoms. The summed E-state index contributed by atoms with van der Waals surface area (Å²) in [6.07, 6.45) is -0.537. The van der Waals surface area contributed by atoms with Crippen LogP contribution < -0.4 is 5.32 Å². The average molecular weight is 294 g/mol. The molecule has 0 atom stereocenters. The number of ether oxygens (including phenoxy) is 1. The van der Waals surface area contributed by atoms with Crippen LogP contribution in [0.1, 0.15) is 20.8 Å². The maximum absolute atomic E-state index is 12.9. The van der Waals surface area contributed by atoms with E-state index >= 15 is 0 Å². The van der Waals surface area contributed by atoms with Crippen LogP contribution in [0.25, 0.3) is 11.3 Å². The van der Waals surface area contributed by atoms with Gasteiger partial charge in [-0.3, -0.25) is 5.32 Å². The summed E-state index contributed by atoms with van der Waals surface area (Å²) >= 11 is 1.29. The molecule has 4 nitrogen and oxygen atoms in total. The molecule has 0 fully saturated rings. The van der Waals surface area contributed by atoms with Gasteiger partial charge in [0.05, 0.1) is 5.51 Å². The van der Waals surface area contributed by atoms with Gasteiger partial charge in [0.2, 0.25) is 0 Å². The summed E-state index contributed by atoms with van der Waals surface area (Å²) in [5, 5.41) is 3.24. The Hall–Kier alpha value is -1.95. The first-order valence-corrected chi connectivity index (χ1v) is 6.92. The molecule has 1 aromatic heterocycles. The van der Waals surface area contributed by atoms with Gasteiger partial charge in [0.25, 0.3) is 0 Å². The summed E-state index contributed by atoms with van der Waals surface area (Å²) in [5.74, 6) is -0.314. The van der Waals surface area contributed by atoms with Crippen LogP contribution in [0.5, 0.6) is 0 Å². The lowest BCUT2D eigenvalue weighted by atomic mass is 10.1. The van der Waals surface area contributed by atoms with Gasteiger partial charge in [-0.05, 0) is 45.0 Å². The van der Waals surface area contributed by atoms with E-state index < -0.39 is 11.7 Å². The molecule has 0 unspecified atom stereocenters. The van der Waals surface area contributed by atoms with Gasteiger partial charge in [-0.1, -0.05) is 0 Å². The van der Waals surface area contributed by atoms with E-state index in [0.29, 0.717) is 10.7 Å². The number of aromatic nitrogens is 1. The molecule has 0 spiro atoms. The third-order valence-corrected chi connectivity index (χ3v) is 3.04. The fraction of sp³-hybridized carbons (Fsp3) is 0.286. The number of nitrogens with one attached hydrogen (secondary N) is 1. The summed E-state index contributed by atoms with van der Waals surface area (Å²) in [5.41, 5.74) is 2.38. The maximum atomic E-state index is 12.9. The molecule has 20 heavy (non-hydrogen) atoms. The van der Waals surface area contributed by atoms with Crippen LogP contribution in [0.3, 0.4) is 0 Å². The normalized spacial score (nSPS) is 11.2. The molecule has 1 heterocycles. The standard InChI is InChI=1S/C14H15FN2O2S/c1-14(2,3)19-13(18)17-12-11(16-8-20-12)9-4-6-10(15)7-5-9/h4-8H,1-3H3,(H,17,18). The second-order valence-corrected chi connectivity index (χ2v) is 6.02. The first-order valence-electron chi connectivity index (χ1n) is 6.04. The molecule has 1 amide bonds. The lowest BCUT2D eigenvalue weighted by molar-refractivity contribution is 0.0636. The Bertz CT molecular complexity index is 602. The lowest BCUT2D eigenvalue weighted by Gasteiger charge is -2.19. The number of hydrogen-bond donors (Lipinski definition) is 1. The van der Waals surface area contributed by atoms with E-state index in [2.05, 4.69) is 10.3 Å². The van der Waals surface area contributed by atoms with Crippen LogP contribution in [-0.4, -0.2) is 16.7 Å². The van der Waals surface area contributed by atoms with Crippen LogP contribution in [0.2, 0.25) is 0 Å². The fourth-order valence-electron chi connectivity index (χ4n) is 1.54. The zero-order valence-electron chi connectivity index (χ0n) is 11.4. The zero-order valence-corrected chi connectivity index (χ0v) is 12.3. The molecular weight excluding hydrogens is 279 g/mol. The molecule has 0 aliphatic heterocycles. The molecule has 1 aromatic carbocycles. The number of thiazole rings is 1.